The van der Waals surface area contributed by atoms with Crippen LogP contribution < -0.4 is 5.43 Å². The van der Waals surface area contributed by atoms with Crippen molar-refractivity contribution in [1.82, 2.24) is 5.43 Å². The van der Waals surface area contributed by atoms with Crippen molar-refractivity contribution in [1.29, 1.82) is 0 Å². The highest BCUT2D eigenvalue weighted by Crippen LogP contribution is 2.24. The minimum absolute atomic E-state index is 0.299. The molecule has 4 nitrogen and oxygen atoms in total. The van der Waals surface area contributed by atoms with Gasteiger partial charge in [-0.1, -0.05) is 32.0 Å². The van der Waals surface area contributed by atoms with Gasteiger partial charge in [-0.3, -0.25) is 4.79 Å². The first-order chi connectivity index (χ1) is 9.99. The molecule has 0 radical (unpaired) electrons. The third kappa shape index (κ3) is 3.72. The fourth-order valence-corrected chi connectivity index (χ4v) is 2.14. The van der Waals surface area contributed by atoms with Gasteiger partial charge >= 0.3 is 5.91 Å². The van der Waals surface area contributed by atoms with Crippen molar-refractivity contribution in [2.24, 2.45) is 11.0 Å². The lowest BCUT2D eigenvalue weighted by Gasteiger charge is -2.04. The van der Waals surface area contributed by atoms with Crippen molar-refractivity contribution >= 4 is 22.6 Å². The van der Waals surface area contributed by atoms with E-state index in [1.54, 1.807) is 0 Å². The Balaban J connectivity index is 2.09. The Bertz CT molecular complexity index is 668. The number of hydrogen-bond donors (Lipinski definition) is 1. The third-order valence-electron chi connectivity index (χ3n) is 3.48. The number of nitrogens with zero attached hydrogens (tertiary/aromatic N) is 1. The van der Waals surface area contributed by atoms with Gasteiger partial charge in [0.05, 0.1) is 0 Å². The number of hydrazone groups is 1. The maximum atomic E-state index is 12.2. The molecule has 1 N–H and O–H groups in total. The number of nitrogens with one attached hydrogen (secondary N) is 1. The van der Waals surface area contributed by atoms with Crippen LogP contribution in [0, 0.1) is 12.8 Å². The van der Waals surface area contributed by atoms with Crippen molar-refractivity contribution in [3.8, 4) is 0 Å². The van der Waals surface area contributed by atoms with Crippen molar-refractivity contribution in [2.45, 2.75) is 40.5 Å². The lowest BCUT2D eigenvalue weighted by atomic mass is 10.1. The molecule has 2 aromatic rings. The molecule has 0 aliphatic heterocycles. The SMILES string of the molecule is C/C(CCC(C)C)=N/NC(=O)c1oc2ccccc2c1C. The van der Waals surface area contributed by atoms with Crippen molar-refractivity contribution in [2.75, 3.05) is 0 Å². The van der Waals surface area contributed by atoms with Gasteiger partial charge in [-0.2, -0.15) is 5.10 Å². The van der Waals surface area contributed by atoms with Gasteiger partial charge in [-0.25, -0.2) is 5.43 Å². The molecule has 1 heterocycles. The van der Waals surface area contributed by atoms with E-state index in [0.29, 0.717) is 11.7 Å². The highest BCUT2D eigenvalue weighted by molar-refractivity contribution is 5.99. The number of benzene rings is 1. The molecular weight excluding hydrogens is 264 g/mol. The van der Waals surface area contributed by atoms with E-state index in [4.69, 9.17) is 4.42 Å². The number of fused-ring (bicyclic) bond motifs is 1. The van der Waals surface area contributed by atoms with Crippen LogP contribution in [0.2, 0.25) is 0 Å². The molecule has 0 saturated heterocycles. The summed E-state index contributed by atoms with van der Waals surface area (Å²) in [5, 5.41) is 5.10. The average molecular weight is 286 g/mol. The van der Waals surface area contributed by atoms with Crippen molar-refractivity contribution in [3.63, 3.8) is 0 Å². The number of hydrogen-bond acceptors (Lipinski definition) is 3. The molecule has 21 heavy (non-hydrogen) atoms. The van der Waals surface area contributed by atoms with Gasteiger partial charge < -0.3 is 4.42 Å². The van der Waals surface area contributed by atoms with Crippen molar-refractivity contribution < 1.29 is 9.21 Å². The first-order valence-corrected chi connectivity index (χ1v) is 7.30. The summed E-state index contributed by atoms with van der Waals surface area (Å²) in [4.78, 5) is 12.2. The van der Waals surface area contributed by atoms with E-state index >= 15 is 0 Å². The molecule has 1 aromatic carbocycles. The first kappa shape index (κ1) is 15.3. The van der Waals surface area contributed by atoms with E-state index in [0.717, 1.165) is 35.1 Å². The van der Waals surface area contributed by atoms with Gasteiger partial charge in [0, 0.05) is 16.7 Å². The molecule has 0 bridgehead atoms. The Morgan fingerprint density at radius 3 is 2.71 bits per heavy atom. The van der Waals surface area contributed by atoms with Crippen LogP contribution in [0.15, 0.2) is 33.8 Å². The summed E-state index contributed by atoms with van der Waals surface area (Å²) in [6, 6.07) is 7.63. The van der Waals surface area contributed by atoms with Crippen LogP contribution >= 0.6 is 0 Å². The largest absolute Gasteiger partial charge is 0.451 e. The summed E-state index contributed by atoms with van der Waals surface area (Å²) >= 11 is 0. The Kier molecular flexibility index (Phi) is 4.78. The standard InChI is InChI=1S/C17H22N2O2/c1-11(2)9-10-12(3)18-19-17(20)16-13(4)14-7-5-6-8-15(14)21-16/h5-8,11H,9-10H2,1-4H3,(H,19,20)/b18-12-. The fraction of sp³-hybridized carbons (Fsp3) is 0.412. The number of carbonyl (C=O) groups is 1. The molecule has 0 saturated carbocycles. The second kappa shape index (κ2) is 6.57. The lowest BCUT2D eigenvalue weighted by molar-refractivity contribution is 0.0928. The van der Waals surface area contributed by atoms with Gasteiger partial charge in [0.1, 0.15) is 5.58 Å². The topological polar surface area (TPSA) is 54.6 Å². The zero-order valence-corrected chi connectivity index (χ0v) is 13.1. The zero-order chi connectivity index (χ0) is 15.4. The predicted molar refractivity (Wildman–Crippen MR) is 85.6 cm³/mol. The van der Waals surface area contributed by atoms with E-state index in [9.17, 15) is 4.79 Å². The average Bonchev–Trinajstić information content (AvgIpc) is 2.80. The monoisotopic (exact) mass is 286 g/mol. The number of rotatable bonds is 5. The summed E-state index contributed by atoms with van der Waals surface area (Å²) < 4.78 is 5.61. The predicted octanol–water partition coefficient (Wildman–Crippen LogP) is 4.28. The molecule has 0 spiro atoms. The Labute approximate surface area is 125 Å². The summed E-state index contributed by atoms with van der Waals surface area (Å²) in [6.45, 7) is 8.15. The number of furan rings is 1. The normalized spacial score (nSPS) is 12.1. The lowest BCUT2D eigenvalue weighted by Crippen LogP contribution is -2.19. The Hall–Kier alpha value is -2.10. The number of para-hydroxylation sites is 1. The third-order valence-corrected chi connectivity index (χ3v) is 3.48. The Morgan fingerprint density at radius 2 is 2.05 bits per heavy atom. The Morgan fingerprint density at radius 1 is 1.33 bits per heavy atom. The number of carbonyl (C=O) groups excluding carboxylic acids is 1. The molecule has 1 amide bonds. The molecular formula is C17H22N2O2. The summed E-state index contributed by atoms with van der Waals surface area (Å²) in [5.41, 5.74) is 5.07. The van der Waals surface area contributed by atoms with Crippen LogP contribution in [0.25, 0.3) is 11.0 Å². The molecule has 4 heteroatoms. The van der Waals surface area contributed by atoms with E-state index in [1.807, 2.05) is 38.1 Å². The number of aryl methyl sites for hydroxylation is 1. The van der Waals surface area contributed by atoms with E-state index in [-0.39, 0.29) is 5.91 Å². The smallest absolute Gasteiger partial charge is 0.307 e. The van der Waals surface area contributed by atoms with Gasteiger partial charge in [0.25, 0.3) is 0 Å². The molecule has 112 valence electrons. The van der Waals surface area contributed by atoms with Crippen LogP contribution in [-0.4, -0.2) is 11.6 Å². The summed E-state index contributed by atoms with van der Waals surface area (Å²) in [7, 11) is 0. The molecule has 0 aliphatic rings. The van der Waals surface area contributed by atoms with Crippen LogP contribution in [0.3, 0.4) is 0 Å². The van der Waals surface area contributed by atoms with Gasteiger partial charge in [0.2, 0.25) is 0 Å². The highest BCUT2D eigenvalue weighted by atomic mass is 16.3. The summed E-state index contributed by atoms with van der Waals surface area (Å²) in [6.07, 6.45) is 1.95. The van der Waals surface area contributed by atoms with Crippen LogP contribution in [0.5, 0.6) is 0 Å². The van der Waals surface area contributed by atoms with Gasteiger partial charge in [0.15, 0.2) is 5.76 Å². The quantitative estimate of drug-likeness (QED) is 0.658. The minimum Gasteiger partial charge on any atom is -0.451 e. The maximum absolute atomic E-state index is 12.2. The summed E-state index contributed by atoms with van der Waals surface area (Å²) in [5.74, 6) is 0.660. The minimum atomic E-state index is -0.299. The maximum Gasteiger partial charge on any atom is 0.307 e. The highest BCUT2D eigenvalue weighted by Gasteiger charge is 2.16. The molecule has 1 aromatic heterocycles. The molecule has 0 unspecified atom stereocenters. The second-order valence-electron chi connectivity index (χ2n) is 5.77. The second-order valence-corrected chi connectivity index (χ2v) is 5.77. The first-order valence-electron chi connectivity index (χ1n) is 7.30. The molecule has 0 fully saturated rings. The number of amides is 1. The van der Waals surface area contributed by atoms with E-state index < -0.39 is 0 Å². The van der Waals surface area contributed by atoms with Crippen molar-refractivity contribution in [3.05, 3.63) is 35.6 Å². The van der Waals surface area contributed by atoms with Gasteiger partial charge in [-0.05, 0) is 38.7 Å². The fourth-order valence-electron chi connectivity index (χ4n) is 2.14. The van der Waals surface area contributed by atoms with Crippen LogP contribution in [-0.2, 0) is 0 Å². The molecule has 0 atom stereocenters. The van der Waals surface area contributed by atoms with E-state index in [2.05, 4.69) is 24.4 Å². The van der Waals surface area contributed by atoms with Crippen LogP contribution in [0.1, 0.15) is 49.7 Å². The molecule has 0 aliphatic carbocycles. The van der Waals surface area contributed by atoms with Crippen LogP contribution in [0.4, 0.5) is 0 Å². The molecule has 2 rings (SSSR count). The zero-order valence-electron chi connectivity index (χ0n) is 13.1. The van der Waals surface area contributed by atoms with E-state index in [1.165, 1.54) is 0 Å². The van der Waals surface area contributed by atoms with Gasteiger partial charge in [-0.15, -0.1) is 0 Å².